The fourth-order valence-electron chi connectivity index (χ4n) is 3.28. The number of rotatable bonds is 9. The lowest BCUT2D eigenvalue weighted by atomic mass is 10.0. The lowest BCUT2D eigenvalue weighted by Crippen LogP contribution is -2.37. The SMILES string of the molecule is CC(=O)Cc1cccc(-c2ccc3nc(C(C(=O)NCCS(N)(=O)=O)S(C)(=O)=O)sc3c2)c1. The van der Waals surface area contributed by atoms with Crippen LogP contribution in [0.1, 0.15) is 22.7 Å². The summed E-state index contributed by atoms with van der Waals surface area (Å²) in [6, 6.07) is 13.0. The van der Waals surface area contributed by atoms with E-state index < -0.39 is 36.8 Å². The first-order valence-corrected chi connectivity index (χ1v) is 14.3. The van der Waals surface area contributed by atoms with Crippen LogP contribution in [-0.4, -0.2) is 52.1 Å². The number of hydrogen-bond acceptors (Lipinski definition) is 8. The molecule has 0 fully saturated rings. The highest BCUT2D eigenvalue weighted by Gasteiger charge is 2.34. The zero-order valence-electron chi connectivity index (χ0n) is 17.9. The molecule has 1 heterocycles. The zero-order valence-corrected chi connectivity index (χ0v) is 20.4. The third-order valence-corrected chi connectivity index (χ3v) is 7.99. The van der Waals surface area contributed by atoms with Gasteiger partial charge in [-0.15, -0.1) is 11.3 Å². The molecule has 33 heavy (non-hydrogen) atoms. The molecule has 2 aromatic carbocycles. The van der Waals surface area contributed by atoms with Crippen LogP contribution in [0.25, 0.3) is 21.3 Å². The maximum absolute atomic E-state index is 12.6. The number of nitrogens with one attached hydrogen (secondary N) is 1. The van der Waals surface area contributed by atoms with Gasteiger partial charge in [0.2, 0.25) is 15.9 Å². The number of amides is 1. The maximum atomic E-state index is 12.6. The van der Waals surface area contributed by atoms with Crippen LogP contribution in [0.15, 0.2) is 42.5 Å². The van der Waals surface area contributed by atoms with Crippen molar-refractivity contribution in [1.82, 2.24) is 10.3 Å². The normalized spacial score (nSPS) is 13.1. The van der Waals surface area contributed by atoms with Crippen LogP contribution >= 0.6 is 11.3 Å². The van der Waals surface area contributed by atoms with Gasteiger partial charge in [-0.05, 0) is 35.7 Å². The van der Waals surface area contributed by atoms with Gasteiger partial charge in [-0.25, -0.2) is 27.0 Å². The largest absolute Gasteiger partial charge is 0.354 e. The molecule has 12 heteroatoms. The predicted molar refractivity (Wildman–Crippen MR) is 128 cm³/mol. The monoisotopic (exact) mass is 509 g/mol. The predicted octanol–water partition coefficient (Wildman–Crippen LogP) is 1.59. The molecule has 176 valence electrons. The van der Waals surface area contributed by atoms with Gasteiger partial charge >= 0.3 is 0 Å². The Kier molecular flexibility index (Phi) is 7.32. The number of carbonyl (C=O) groups is 2. The molecule has 9 nitrogen and oxygen atoms in total. The van der Waals surface area contributed by atoms with Crippen LogP contribution in [0.3, 0.4) is 0 Å². The smallest absolute Gasteiger partial charge is 0.245 e. The van der Waals surface area contributed by atoms with E-state index in [1.807, 2.05) is 36.4 Å². The van der Waals surface area contributed by atoms with Gasteiger partial charge in [-0.1, -0.05) is 30.3 Å². The molecular weight excluding hydrogens is 486 g/mol. The van der Waals surface area contributed by atoms with Gasteiger partial charge in [-0.2, -0.15) is 0 Å². The highest BCUT2D eigenvalue weighted by molar-refractivity contribution is 7.91. The van der Waals surface area contributed by atoms with Crippen molar-refractivity contribution in [3.05, 3.63) is 53.0 Å². The summed E-state index contributed by atoms with van der Waals surface area (Å²) in [6.45, 7) is 1.22. The second-order valence-electron chi connectivity index (χ2n) is 7.68. The number of carbonyl (C=O) groups excluding carboxylic acids is 2. The van der Waals surface area contributed by atoms with Gasteiger partial charge in [0.25, 0.3) is 0 Å². The van der Waals surface area contributed by atoms with Crippen molar-refractivity contribution in [2.45, 2.75) is 18.6 Å². The summed E-state index contributed by atoms with van der Waals surface area (Å²) >= 11 is 1.08. The number of sulfone groups is 1. The zero-order chi connectivity index (χ0) is 24.4. The molecule has 0 saturated carbocycles. The lowest BCUT2D eigenvalue weighted by Gasteiger charge is -2.12. The molecule has 0 bridgehead atoms. The van der Waals surface area contributed by atoms with E-state index in [0.29, 0.717) is 16.6 Å². The third-order valence-electron chi connectivity index (χ3n) is 4.69. The van der Waals surface area contributed by atoms with Gasteiger partial charge < -0.3 is 5.32 Å². The summed E-state index contributed by atoms with van der Waals surface area (Å²) in [7, 11) is -7.69. The molecule has 1 aromatic heterocycles. The van der Waals surface area contributed by atoms with Crippen molar-refractivity contribution < 1.29 is 26.4 Å². The van der Waals surface area contributed by atoms with Gasteiger partial charge in [0, 0.05) is 19.2 Å². The Morgan fingerprint density at radius 1 is 1.09 bits per heavy atom. The molecule has 0 radical (unpaired) electrons. The standard InChI is InChI=1S/C21H23N3O6S3/c1-13(25)10-14-4-3-5-15(11-14)16-6-7-17-18(12-16)31-21(24-17)19(32(2,27)28)20(26)23-8-9-33(22,29)30/h3-7,11-12,19H,8-10H2,1-2H3,(H,23,26)(H2,22,29,30). The Labute approximate surface area is 196 Å². The molecular formula is C21H23N3O6S3. The fraction of sp³-hybridized carbons (Fsp3) is 0.286. The second-order valence-corrected chi connectivity index (χ2v) is 12.6. The molecule has 0 aliphatic carbocycles. The van der Waals surface area contributed by atoms with Crippen LogP contribution in [0.2, 0.25) is 0 Å². The molecule has 1 atom stereocenters. The van der Waals surface area contributed by atoms with Crippen molar-refractivity contribution in [2.75, 3.05) is 18.6 Å². The van der Waals surface area contributed by atoms with Crippen LogP contribution < -0.4 is 10.5 Å². The number of primary sulfonamides is 1. The van der Waals surface area contributed by atoms with Crippen molar-refractivity contribution in [3.8, 4) is 11.1 Å². The number of aromatic nitrogens is 1. The Morgan fingerprint density at radius 2 is 1.79 bits per heavy atom. The molecule has 0 spiro atoms. The Balaban J connectivity index is 1.93. The van der Waals surface area contributed by atoms with Crippen LogP contribution in [-0.2, 0) is 35.9 Å². The number of sulfonamides is 1. The van der Waals surface area contributed by atoms with E-state index in [1.54, 1.807) is 6.07 Å². The quantitative estimate of drug-likeness (QED) is 0.444. The third kappa shape index (κ3) is 6.67. The molecule has 3 aromatic rings. The Hall–Kier alpha value is -2.67. The molecule has 3 N–H and O–H groups in total. The topological polar surface area (TPSA) is 153 Å². The number of nitrogens with two attached hydrogens (primary N) is 1. The first-order valence-electron chi connectivity index (χ1n) is 9.80. The summed E-state index contributed by atoms with van der Waals surface area (Å²) < 4.78 is 47.5. The number of nitrogens with zero attached hydrogens (tertiary/aromatic N) is 1. The Bertz CT molecular complexity index is 1430. The van der Waals surface area contributed by atoms with Gasteiger partial charge in [0.15, 0.2) is 15.1 Å². The summed E-state index contributed by atoms with van der Waals surface area (Å²) in [5.74, 6) is -1.32. The van der Waals surface area contributed by atoms with E-state index >= 15 is 0 Å². The average Bonchev–Trinajstić information content (AvgIpc) is 3.07. The number of ketones is 1. The second kappa shape index (κ2) is 9.67. The van der Waals surface area contributed by atoms with E-state index in [1.165, 1.54) is 6.92 Å². The summed E-state index contributed by atoms with van der Waals surface area (Å²) in [6.07, 6.45) is 1.26. The molecule has 0 aliphatic rings. The van der Waals surface area contributed by atoms with E-state index in [4.69, 9.17) is 5.14 Å². The number of thiazole rings is 1. The molecule has 1 unspecified atom stereocenters. The maximum Gasteiger partial charge on any atom is 0.245 e. The number of fused-ring (bicyclic) bond motifs is 1. The van der Waals surface area contributed by atoms with Crippen molar-refractivity contribution in [1.29, 1.82) is 0 Å². The van der Waals surface area contributed by atoms with Crippen LogP contribution in [0.4, 0.5) is 0 Å². The average molecular weight is 510 g/mol. The minimum atomic E-state index is -3.89. The van der Waals surface area contributed by atoms with Crippen LogP contribution in [0, 0.1) is 0 Å². The van der Waals surface area contributed by atoms with E-state index in [-0.39, 0.29) is 17.3 Å². The lowest BCUT2D eigenvalue weighted by molar-refractivity contribution is -0.120. The fourth-order valence-corrected chi connectivity index (χ4v) is 6.22. The number of Topliss-reactive ketones (excluding diaryl/α,β-unsaturated/α-hetero) is 1. The van der Waals surface area contributed by atoms with Crippen molar-refractivity contribution >= 4 is 53.1 Å². The Morgan fingerprint density at radius 3 is 2.42 bits per heavy atom. The highest BCUT2D eigenvalue weighted by atomic mass is 32.2. The van der Waals surface area contributed by atoms with Gasteiger partial charge in [0.1, 0.15) is 10.8 Å². The summed E-state index contributed by atoms with van der Waals surface area (Å²) in [5.41, 5.74) is 3.17. The van der Waals surface area contributed by atoms with Crippen molar-refractivity contribution in [3.63, 3.8) is 0 Å². The molecule has 0 saturated heterocycles. The van der Waals surface area contributed by atoms with Gasteiger partial charge in [0.05, 0.1) is 16.0 Å². The van der Waals surface area contributed by atoms with E-state index in [0.717, 1.165) is 34.3 Å². The van der Waals surface area contributed by atoms with E-state index in [2.05, 4.69) is 10.3 Å². The minimum Gasteiger partial charge on any atom is -0.354 e. The summed E-state index contributed by atoms with van der Waals surface area (Å²) in [4.78, 5) is 28.3. The molecule has 0 aliphatic heterocycles. The van der Waals surface area contributed by atoms with Gasteiger partial charge in [-0.3, -0.25) is 9.59 Å². The van der Waals surface area contributed by atoms with Crippen molar-refractivity contribution in [2.24, 2.45) is 5.14 Å². The first kappa shape index (κ1) is 25.0. The number of benzene rings is 2. The minimum absolute atomic E-state index is 0.0591. The molecule has 1 amide bonds. The van der Waals surface area contributed by atoms with E-state index in [9.17, 15) is 26.4 Å². The first-order chi connectivity index (χ1) is 15.3. The molecule has 3 rings (SSSR count). The highest BCUT2D eigenvalue weighted by Crippen LogP contribution is 2.33. The van der Waals surface area contributed by atoms with Crippen LogP contribution in [0.5, 0.6) is 0 Å². The summed E-state index contributed by atoms with van der Waals surface area (Å²) in [5, 5.41) is 5.74. The number of hydrogen-bond donors (Lipinski definition) is 2.